The van der Waals surface area contributed by atoms with Gasteiger partial charge in [-0.15, -0.1) is 0 Å². The maximum absolute atomic E-state index is 12.1. The SMILES string of the molecule is CC(C)[C@@](C)(C#N)NC(=O)[C@H](C)Oc1ccc(Cl)cc1Cl. The zero-order valence-corrected chi connectivity index (χ0v) is 13.9. The second kappa shape index (κ2) is 7.02. The molecule has 6 heteroatoms. The van der Waals surface area contributed by atoms with Crippen molar-refractivity contribution in [1.82, 2.24) is 5.32 Å². The molecule has 114 valence electrons. The Kier molecular flexibility index (Phi) is 5.88. The van der Waals surface area contributed by atoms with Gasteiger partial charge in [-0.05, 0) is 38.0 Å². The van der Waals surface area contributed by atoms with Crippen molar-refractivity contribution in [3.05, 3.63) is 28.2 Å². The van der Waals surface area contributed by atoms with Gasteiger partial charge in [0.1, 0.15) is 11.3 Å². The number of carbonyl (C=O) groups excluding carboxylic acids is 1. The zero-order valence-electron chi connectivity index (χ0n) is 12.4. The normalized spacial score (nSPS) is 15.0. The highest BCUT2D eigenvalue weighted by Gasteiger charge is 2.32. The predicted molar refractivity (Wildman–Crippen MR) is 83.6 cm³/mol. The van der Waals surface area contributed by atoms with Crippen molar-refractivity contribution in [3.8, 4) is 11.8 Å². The first-order valence-corrected chi connectivity index (χ1v) is 7.30. The molecule has 21 heavy (non-hydrogen) atoms. The molecule has 0 bridgehead atoms. The van der Waals surface area contributed by atoms with Crippen molar-refractivity contribution in [2.75, 3.05) is 0 Å². The largest absolute Gasteiger partial charge is 0.479 e. The van der Waals surface area contributed by atoms with Gasteiger partial charge in [-0.1, -0.05) is 37.0 Å². The van der Waals surface area contributed by atoms with Crippen molar-refractivity contribution >= 4 is 29.1 Å². The summed E-state index contributed by atoms with van der Waals surface area (Å²) in [7, 11) is 0. The molecule has 0 heterocycles. The van der Waals surface area contributed by atoms with Gasteiger partial charge in [-0.2, -0.15) is 5.26 Å². The fraction of sp³-hybridized carbons (Fsp3) is 0.467. The third kappa shape index (κ3) is 4.52. The number of hydrogen-bond acceptors (Lipinski definition) is 3. The summed E-state index contributed by atoms with van der Waals surface area (Å²) in [6.07, 6.45) is -0.782. The number of carbonyl (C=O) groups is 1. The number of ether oxygens (including phenoxy) is 1. The van der Waals surface area contributed by atoms with Crippen LogP contribution in [0.25, 0.3) is 0 Å². The van der Waals surface area contributed by atoms with Gasteiger partial charge in [0.05, 0.1) is 11.1 Å². The van der Waals surface area contributed by atoms with Crippen LogP contribution in [0.2, 0.25) is 10.0 Å². The molecular formula is C15H18Cl2N2O2. The van der Waals surface area contributed by atoms with Crippen LogP contribution in [0.4, 0.5) is 0 Å². The Hall–Kier alpha value is -1.44. The fourth-order valence-corrected chi connectivity index (χ4v) is 1.93. The van der Waals surface area contributed by atoms with Crippen LogP contribution in [0.15, 0.2) is 18.2 Å². The van der Waals surface area contributed by atoms with E-state index in [0.29, 0.717) is 15.8 Å². The molecule has 0 saturated heterocycles. The van der Waals surface area contributed by atoms with Gasteiger partial charge in [0.2, 0.25) is 0 Å². The number of halogens is 2. The van der Waals surface area contributed by atoms with E-state index in [0.717, 1.165) is 0 Å². The van der Waals surface area contributed by atoms with Gasteiger partial charge in [0.15, 0.2) is 6.10 Å². The Labute approximate surface area is 135 Å². The Bertz CT molecular complexity index is 569. The lowest BCUT2D eigenvalue weighted by Crippen LogP contribution is -2.52. The summed E-state index contributed by atoms with van der Waals surface area (Å²) in [5, 5.41) is 12.7. The maximum atomic E-state index is 12.1. The van der Waals surface area contributed by atoms with E-state index < -0.39 is 11.6 Å². The quantitative estimate of drug-likeness (QED) is 0.893. The summed E-state index contributed by atoms with van der Waals surface area (Å²) in [6, 6.07) is 6.88. The van der Waals surface area contributed by atoms with Crippen LogP contribution in [0.3, 0.4) is 0 Å². The summed E-state index contributed by atoms with van der Waals surface area (Å²) in [5.74, 6) is -0.0385. The molecule has 2 atom stereocenters. The number of hydrogen-bond donors (Lipinski definition) is 1. The van der Waals surface area contributed by atoms with E-state index in [1.54, 1.807) is 26.0 Å². The molecule has 4 nitrogen and oxygen atoms in total. The highest BCUT2D eigenvalue weighted by Crippen LogP contribution is 2.28. The van der Waals surface area contributed by atoms with E-state index in [2.05, 4.69) is 11.4 Å². The number of nitrogens with zero attached hydrogens (tertiary/aromatic N) is 1. The number of rotatable bonds is 5. The second-order valence-electron chi connectivity index (χ2n) is 5.29. The first kappa shape index (κ1) is 17.6. The number of nitriles is 1. The van der Waals surface area contributed by atoms with E-state index in [1.807, 2.05) is 13.8 Å². The molecule has 0 radical (unpaired) electrons. The van der Waals surface area contributed by atoms with Crippen LogP contribution in [-0.2, 0) is 4.79 Å². The van der Waals surface area contributed by atoms with Gasteiger partial charge in [0.25, 0.3) is 5.91 Å². The van der Waals surface area contributed by atoms with Crippen LogP contribution in [0.5, 0.6) is 5.75 Å². The predicted octanol–water partition coefficient (Wildman–Crippen LogP) is 3.82. The standard InChI is InChI=1S/C15H18Cl2N2O2/c1-9(2)15(4,8-18)19-14(20)10(3)21-13-6-5-11(16)7-12(13)17/h5-7,9-10H,1-4H3,(H,19,20)/t10-,15+/m0/s1. The summed E-state index contributed by atoms with van der Waals surface area (Å²) in [4.78, 5) is 12.1. The molecule has 1 amide bonds. The molecule has 0 aliphatic rings. The maximum Gasteiger partial charge on any atom is 0.262 e. The Morgan fingerprint density at radius 2 is 2.00 bits per heavy atom. The fourth-order valence-electron chi connectivity index (χ4n) is 1.47. The van der Waals surface area contributed by atoms with Gasteiger partial charge in [0, 0.05) is 5.02 Å². The van der Waals surface area contributed by atoms with Crippen LogP contribution in [-0.4, -0.2) is 17.6 Å². The second-order valence-corrected chi connectivity index (χ2v) is 6.14. The average Bonchev–Trinajstić information content (AvgIpc) is 2.41. The van der Waals surface area contributed by atoms with E-state index in [1.165, 1.54) is 6.07 Å². The lowest BCUT2D eigenvalue weighted by atomic mass is 9.90. The third-order valence-electron chi connectivity index (χ3n) is 3.34. The molecule has 1 aromatic carbocycles. The number of nitrogens with one attached hydrogen (secondary N) is 1. The van der Waals surface area contributed by atoms with Crippen molar-refractivity contribution in [3.63, 3.8) is 0 Å². The van der Waals surface area contributed by atoms with Gasteiger partial charge in [-0.25, -0.2) is 0 Å². The molecule has 0 unspecified atom stereocenters. The number of amides is 1. The molecule has 0 spiro atoms. The first-order valence-electron chi connectivity index (χ1n) is 6.54. The Morgan fingerprint density at radius 3 is 2.48 bits per heavy atom. The minimum Gasteiger partial charge on any atom is -0.479 e. The highest BCUT2D eigenvalue weighted by molar-refractivity contribution is 6.35. The molecule has 0 fully saturated rings. The van der Waals surface area contributed by atoms with Gasteiger partial charge < -0.3 is 10.1 Å². The highest BCUT2D eigenvalue weighted by atomic mass is 35.5. The summed E-state index contributed by atoms with van der Waals surface area (Å²) < 4.78 is 5.52. The molecular weight excluding hydrogens is 311 g/mol. The van der Waals surface area contributed by atoms with E-state index >= 15 is 0 Å². The van der Waals surface area contributed by atoms with E-state index in [9.17, 15) is 10.1 Å². The number of benzene rings is 1. The summed E-state index contributed by atoms with van der Waals surface area (Å²) in [6.45, 7) is 7.01. The van der Waals surface area contributed by atoms with E-state index in [-0.39, 0.29) is 11.8 Å². The van der Waals surface area contributed by atoms with Crippen molar-refractivity contribution < 1.29 is 9.53 Å². The molecule has 0 aromatic heterocycles. The minimum atomic E-state index is -0.946. The zero-order chi connectivity index (χ0) is 16.2. The third-order valence-corrected chi connectivity index (χ3v) is 3.87. The van der Waals surface area contributed by atoms with Gasteiger partial charge >= 0.3 is 0 Å². The van der Waals surface area contributed by atoms with Crippen LogP contribution in [0, 0.1) is 17.2 Å². The molecule has 0 saturated carbocycles. The Balaban J connectivity index is 2.78. The Morgan fingerprint density at radius 1 is 1.38 bits per heavy atom. The van der Waals surface area contributed by atoms with Crippen molar-refractivity contribution in [2.45, 2.75) is 39.3 Å². The average molecular weight is 329 g/mol. The lowest BCUT2D eigenvalue weighted by Gasteiger charge is -2.28. The minimum absolute atomic E-state index is 0.0298. The first-order chi connectivity index (χ1) is 9.69. The van der Waals surface area contributed by atoms with E-state index in [4.69, 9.17) is 27.9 Å². The smallest absolute Gasteiger partial charge is 0.262 e. The summed E-state index contributed by atoms with van der Waals surface area (Å²) in [5.41, 5.74) is -0.946. The van der Waals surface area contributed by atoms with Gasteiger partial charge in [-0.3, -0.25) is 4.79 Å². The van der Waals surface area contributed by atoms with Crippen molar-refractivity contribution in [2.24, 2.45) is 5.92 Å². The summed E-state index contributed by atoms with van der Waals surface area (Å²) >= 11 is 11.8. The molecule has 1 rings (SSSR count). The molecule has 0 aliphatic heterocycles. The monoisotopic (exact) mass is 328 g/mol. The topological polar surface area (TPSA) is 62.1 Å². The molecule has 1 aromatic rings. The molecule has 0 aliphatic carbocycles. The lowest BCUT2D eigenvalue weighted by molar-refractivity contribution is -0.128. The van der Waals surface area contributed by atoms with Crippen LogP contribution < -0.4 is 10.1 Å². The van der Waals surface area contributed by atoms with Crippen LogP contribution in [0.1, 0.15) is 27.7 Å². The molecule has 1 N–H and O–H groups in total. The van der Waals surface area contributed by atoms with Crippen molar-refractivity contribution in [1.29, 1.82) is 5.26 Å². The van der Waals surface area contributed by atoms with Crippen LogP contribution >= 0.6 is 23.2 Å².